The molecule has 0 heterocycles. The fourth-order valence-electron chi connectivity index (χ4n) is 2.14. The molecule has 2 nitrogen and oxygen atoms in total. The number of benzene rings is 1. The molecule has 130 valence electrons. The van der Waals surface area contributed by atoms with Crippen molar-refractivity contribution < 1.29 is 4.79 Å². The summed E-state index contributed by atoms with van der Waals surface area (Å²) in [6.45, 7) is 14.2. The highest BCUT2D eigenvalue weighted by Crippen LogP contribution is 2.08. The smallest absolute Gasteiger partial charge is 0.219 e. The average molecular weight is 318 g/mol. The zero-order valence-corrected chi connectivity index (χ0v) is 15.9. The Labute approximate surface area is 143 Å². The number of allylic oxidation sites excluding steroid dienone is 1. The van der Waals surface area contributed by atoms with Crippen molar-refractivity contribution in [1.82, 2.24) is 4.90 Å². The Morgan fingerprint density at radius 3 is 2.35 bits per heavy atom. The molecule has 0 aliphatic carbocycles. The number of carbonyl (C=O) groups is 1. The minimum absolute atomic E-state index is 0.217. The molecule has 2 heteroatoms. The van der Waals surface area contributed by atoms with Crippen molar-refractivity contribution in [2.45, 2.75) is 60.8 Å². The number of nitrogens with zero attached hydrogens (tertiary/aromatic N) is 1. The molecule has 1 aromatic rings. The molecule has 1 aromatic carbocycles. The van der Waals surface area contributed by atoms with E-state index in [2.05, 4.69) is 64.1 Å². The van der Waals surface area contributed by atoms with Gasteiger partial charge in [0.25, 0.3) is 0 Å². The number of hydrogen-bond acceptors (Lipinski definition) is 1. The molecular formula is C21H35NO. The van der Waals surface area contributed by atoms with E-state index in [1.165, 1.54) is 11.1 Å². The maximum atomic E-state index is 11.2. The van der Waals surface area contributed by atoms with Crippen LogP contribution in [0.25, 0.3) is 6.08 Å². The highest BCUT2D eigenvalue weighted by Gasteiger charge is 2.07. The van der Waals surface area contributed by atoms with Crippen LogP contribution < -0.4 is 0 Å². The predicted molar refractivity (Wildman–Crippen MR) is 103 cm³/mol. The molecule has 1 amide bonds. The average Bonchev–Trinajstić information content (AvgIpc) is 2.50. The molecule has 0 aromatic heterocycles. The molecule has 0 saturated heterocycles. The third-order valence-electron chi connectivity index (χ3n) is 3.74. The molecule has 0 bridgehead atoms. The van der Waals surface area contributed by atoms with Crippen LogP contribution in [0.4, 0.5) is 0 Å². The summed E-state index contributed by atoms with van der Waals surface area (Å²) >= 11 is 0. The number of rotatable bonds is 7. The maximum absolute atomic E-state index is 11.2. The molecule has 0 spiro atoms. The SMILES string of the molecule is C/C=C\c1ccccc1C.CCCCN(CCC(C)C)C(C)=O. The van der Waals surface area contributed by atoms with Crippen LogP contribution in [-0.4, -0.2) is 23.9 Å². The summed E-state index contributed by atoms with van der Waals surface area (Å²) in [4.78, 5) is 13.2. The van der Waals surface area contributed by atoms with Gasteiger partial charge in [0.1, 0.15) is 0 Å². The van der Waals surface area contributed by atoms with Crippen LogP contribution in [0.5, 0.6) is 0 Å². The Hall–Kier alpha value is -1.57. The molecule has 0 fully saturated rings. The first-order valence-corrected chi connectivity index (χ1v) is 8.86. The minimum atomic E-state index is 0.217. The Kier molecular flexibility index (Phi) is 12.0. The van der Waals surface area contributed by atoms with Crippen LogP contribution in [0.1, 0.15) is 65.0 Å². The van der Waals surface area contributed by atoms with E-state index in [0.717, 1.165) is 32.4 Å². The molecular weight excluding hydrogens is 282 g/mol. The monoisotopic (exact) mass is 317 g/mol. The number of aryl methyl sites for hydroxylation is 1. The van der Waals surface area contributed by atoms with E-state index in [1.807, 2.05) is 11.8 Å². The number of unbranched alkanes of at least 4 members (excludes halogenated alkanes) is 1. The Bertz CT molecular complexity index is 463. The van der Waals surface area contributed by atoms with Gasteiger partial charge in [-0.05, 0) is 43.7 Å². The second kappa shape index (κ2) is 12.9. The predicted octanol–water partition coefficient (Wildman–Crippen LogP) is 5.71. The van der Waals surface area contributed by atoms with E-state index >= 15 is 0 Å². The topological polar surface area (TPSA) is 20.3 Å². The van der Waals surface area contributed by atoms with Gasteiger partial charge >= 0.3 is 0 Å². The molecule has 0 atom stereocenters. The van der Waals surface area contributed by atoms with Gasteiger partial charge in [-0.25, -0.2) is 0 Å². The second-order valence-electron chi connectivity index (χ2n) is 6.40. The fourth-order valence-corrected chi connectivity index (χ4v) is 2.14. The van der Waals surface area contributed by atoms with Gasteiger partial charge in [0, 0.05) is 20.0 Å². The standard InChI is InChI=1S/C11H23NO.C10H12/c1-5-6-8-12(11(4)13)9-7-10(2)3;1-3-6-10-8-5-4-7-9(10)2/h10H,5-9H2,1-4H3;3-8H,1-2H3/b;6-3-. The van der Waals surface area contributed by atoms with E-state index in [0.29, 0.717) is 5.92 Å². The molecule has 1 rings (SSSR count). The van der Waals surface area contributed by atoms with Crippen molar-refractivity contribution in [2.24, 2.45) is 5.92 Å². The summed E-state index contributed by atoms with van der Waals surface area (Å²) in [6.07, 6.45) is 7.57. The molecule has 23 heavy (non-hydrogen) atoms. The van der Waals surface area contributed by atoms with Gasteiger partial charge in [0.2, 0.25) is 5.91 Å². The van der Waals surface area contributed by atoms with Crippen molar-refractivity contribution >= 4 is 12.0 Å². The van der Waals surface area contributed by atoms with E-state index in [4.69, 9.17) is 0 Å². The summed E-state index contributed by atoms with van der Waals surface area (Å²) in [6, 6.07) is 8.36. The lowest BCUT2D eigenvalue weighted by atomic mass is 10.1. The third-order valence-corrected chi connectivity index (χ3v) is 3.74. The van der Waals surface area contributed by atoms with Gasteiger partial charge < -0.3 is 4.90 Å². The van der Waals surface area contributed by atoms with E-state index < -0.39 is 0 Å². The minimum Gasteiger partial charge on any atom is -0.343 e. The lowest BCUT2D eigenvalue weighted by Crippen LogP contribution is -2.31. The van der Waals surface area contributed by atoms with Crippen molar-refractivity contribution in [2.75, 3.05) is 13.1 Å². The largest absolute Gasteiger partial charge is 0.343 e. The number of hydrogen-bond donors (Lipinski definition) is 0. The fraction of sp³-hybridized carbons (Fsp3) is 0.571. The first-order chi connectivity index (χ1) is 10.9. The normalized spacial score (nSPS) is 10.6. The van der Waals surface area contributed by atoms with Crippen molar-refractivity contribution in [3.05, 3.63) is 41.5 Å². The summed E-state index contributed by atoms with van der Waals surface area (Å²) < 4.78 is 0. The molecule has 0 radical (unpaired) electrons. The van der Waals surface area contributed by atoms with Crippen molar-refractivity contribution in [3.8, 4) is 0 Å². The second-order valence-corrected chi connectivity index (χ2v) is 6.40. The lowest BCUT2D eigenvalue weighted by molar-refractivity contribution is -0.129. The highest BCUT2D eigenvalue weighted by molar-refractivity contribution is 5.73. The molecule has 0 N–H and O–H groups in total. The third kappa shape index (κ3) is 10.7. The van der Waals surface area contributed by atoms with E-state index in [9.17, 15) is 4.79 Å². The van der Waals surface area contributed by atoms with Gasteiger partial charge in [-0.1, -0.05) is 63.6 Å². The molecule has 0 aliphatic heterocycles. The molecule has 0 unspecified atom stereocenters. The Morgan fingerprint density at radius 1 is 1.22 bits per heavy atom. The van der Waals surface area contributed by atoms with Crippen LogP contribution in [0.15, 0.2) is 30.3 Å². The Morgan fingerprint density at radius 2 is 1.87 bits per heavy atom. The maximum Gasteiger partial charge on any atom is 0.219 e. The first kappa shape index (κ1) is 21.4. The Balaban J connectivity index is 0.000000433. The highest BCUT2D eigenvalue weighted by atomic mass is 16.2. The first-order valence-electron chi connectivity index (χ1n) is 8.86. The van der Waals surface area contributed by atoms with Gasteiger partial charge in [-0.2, -0.15) is 0 Å². The van der Waals surface area contributed by atoms with Crippen LogP contribution in [0, 0.1) is 12.8 Å². The summed E-state index contributed by atoms with van der Waals surface area (Å²) in [5, 5.41) is 0. The van der Waals surface area contributed by atoms with Crippen LogP contribution in [0.2, 0.25) is 0 Å². The number of amides is 1. The van der Waals surface area contributed by atoms with Crippen molar-refractivity contribution in [1.29, 1.82) is 0 Å². The molecule has 0 saturated carbocycles. The molecule has 0 aliphatic rings. The quantitative estimate of drug-likeness (QED) is 0.631. The van der Waals surface area contributed by atoms with Crippen LogP contribution in [-0.2, 0) is 4.79 Å². The zero-order chi connectivity index (χ0) is 17.7. The summed E-state index contributed by atoms with van der Waals surface area (Å²) in [5.41, 5.74) is 2.64. The zero-order valence-electron chi connectivity index (χ0n) is 15.9. The van der Waals surface area contributed by atoms with Gasteiger partial charge in [0.15, 0.2) is 0 Å². The lowest BCUT2D eigenvalue weighted by Gasteiger charge is -2.21. The van der Waals surface area contributed by atoms with Gasteiger partial charge in [0.05, 0.1) is 0 Å². The van der Waals surface area contributed by atoms with Crippen LogP contribution >= 0.6 is 0 Å². The van der Waals surface area contributed by atoms with E-state index in [-0.39, 0.29) is 5.91 Å². The summed E-state index contributed by atoms with van der Waals surface area (Å²) in [7, 11) is 0. The van der Waals surface area contributed by atoms with Gasteiger partial charge in [-0.15, -0.1) is 0 Å². The van der Waals surface area contributed by atoms with Crippen molar-refractivity contribution in [3.63, 3.8) is 0 Å². The van der Waals surface area contributed by atoms with Crippen LogP contribution in [0.3, 0.4) is 0 Å². The van der Waals surface area contributed by atoms with Gasteiger partial charge in [-0.3, -0.25) is 4.79 Å². The number of carbonyl (C=O) groups excluding carboxylic acids is 1. The van der Waals surface area contributed by atoms with E-state index in [1.54, 1.807) is 6.92 Å². The summed E-state index contributed by atoms with van der Waals surface area (Å²) in [5.74, 6) is 0.901.